The molecule has 1 unspecified atom stereocenters. The number of benzene rings is 2. The fourth-order valence-electron chi connectivity index (χ4n) is 2.84. The number of halogens is 2. The molecule has 0 saturated carbocycles. The van der Waals surface area contributed by atoms with Gasteiger partial charge in [-0.2, -0.15) is 0 Å². The van der Waals surface area contributed by atoms with Crippen molar-refractivity contribution in [3.05, 3.63) is 63.0 Å². The number of aromatic nitrogens is 1. The highest BCUT2D eigenvalue weighted by Gasteiger charge is 2.24. The van der Waals surface area contributed by atoms with E-state index in [2.05, 4.69) is 4.98 Å². The quantitative estimate of drug-likeness (QED) is 0.389. The number of rotatable bonds is 8. The van der Waals surface area contributed by atoms with Crippen LogP contribution in [0.15, 0.2) is 47.4 Å². The van der Waals surface area contributed by atoms with E-state index in [-0.39, 0.29) is 31.2 Å². The summed E-state index contributed by atoms with van der Waals surface area (Å²) in [5.41, 5.74) is 6.71. The van der Waals surface area contributed by atoms with Gasteiger partial charge in [-0.1, -0.05) is 40.6 Å². The lowest BCUT2D eigenvalue weighted by Gasteiger charge is -2.16. The molecule has 1 heterocycles. The van der Waals surface area contributed by atoms with Crippen LogP contribution >= 0.6 is 34.5 Å². The average Bonchev–Trinajstić information content (AvgIpc) is 3.14. The Morgan fingerprint density at radius 1 is 1.19 bits per heavy atom. The Labute approximate surface area is 198 Å². The molecule has 0 fully saturated rings. The molecule has 0 radical (unpaired) electrons. The lowest BCUT2D eigenvalue weighted by atomic mass is 10.1. The Balaban J connectivity index is 1.87. The highest BCUT2D eigenvalue weighted by Crippen LogP contribution is 2.36. The number of anilines is 3. The molecule has 2 aromatic carbocycles. The first-order valence-corrected chi connectivity index (χ1v) is 12.4. The molecule has 32 heavy (non-hydrogen) atoms. The highest BCUT2D eigenvalue weighted by atomic mass is 35.5. The minimum Gasteiger partial charge on any atom is -0.394 e. The summed E-state index contributed by atoms with van der Waals surface area (Å²) in [5.74, 6) is -1.01. The summed E-state index contributed by atoms with van der Waals surface area (Å²) in [5, 5.41) is 19.1. The number of thiazole rings is 1. The third-order valence-electron chi connectivity index (χ3n) is 4.53. The van der Waals surface area contributed by atoms with Crippen molar-refractivity contribution < 1.29 is 23.4 Å². The number of aliphatic hydroxyl groups is 2. The van der Waals surface area contributed by atoms with E-state index in [0.29, 0.717) is 10.8 Å². The Morgan fingerprint density at radius 2 is 1.78 bits per heavy atom. The number of sulfone groups is 1. The van der Waals surface area contributed by atoms with Crippen LogP contribution in [0.4, 0.5) is 16.6 Å². The van der Waals surface area contributed by atoms with Gasteiger partial charge in [0.2, 0.25) is 5.78 Å². The molecule has 3 rings (SSSR count). The molecule has 12 heteroatoms. The molecular formula is C20H19Cl2N3O5S2. The highest BCUT2D eigenvalue weighted by molar-refractivity contribution is 7.91. The van der Waals surface area contributed by atoms with E-state index in [0.717, 1.165) is 11.3 Å². The summed E-state index contributed by atoms with van der Waals surface area (Å²) >= 11 is 13.3. The standard InChI is InChI=1S/C20H19Cl2N3O5S2/c1-25(11-5-7-13(8-6-11)32(29,30)10-12(27)9-26)20-24-19(23)18(31-20)17(28)16-14(21)3-2-4-15(16)22/h2-8,12,26-27H,9-10,23H2,1H3. The Hall–Kier alpha value is -2.21. The summed E-state index contributed by atoms with van der Waals surface area (Å²) in [4.78, 5) is 19.0. The normalized spacial score (nSPS) is 12.5. The fraction of sp³-hybridized carbons (Fsp3) is 0.200. The van der Waals surface area contributed by atoms with E-state index in [9.17, 15) is 18.3 Å². The zero-order valence-corrected chi connectivity index (χ0v) is 19.8. The second-order valence-corrected chi connectivity index (χ2v) is 10.6. The van der Waals surface area contributed by atoms with Gasteiger partial charge in [-0.3, -0.25) is 4.79 Å². The van der Waals surface area contributed by atoms with E-state index in [4.69, 9.17) is 34.0 Å². The molecule has 8 nitrogen and oxygen atoms in total. The lowest BCUT2D eigenvalue weighted by molar-refractivity contribution is 0.104. The van der Waals surface area contributed by atoms with Crippen molar-refractivity contribution in [2.24, 2.45) is 0 Å². The van der Waals surface area contributed by atoms with Gasteiger partial charge in [-0.05, 0) is 36.4 Å². The zero-order chi connectivity index (χ0) is 23.6. The van der Waals surface area contributed by atoms with Gasteiger partial charge in [0, 0.05) is 12.7 Å². The van der Waals surface area contributed by atoms with Crippen LogP contribution in [0.1, 0.15) is 15.2 Å². The molecule has 0 bridgehead atoms. The van der Waals surface area contributed by atoms with Crippen molar-refractivity contribution in [1.82, 2.24) is 4.98 Å². The molecule has 0 aliphatic heterocycles. The summed E-state index contributed by atoms with van der Waals surface area (Å²) in [6, 6.07) is 10.6. The number of nitrogens with two attached hydrogens (primary N) is 1. The second-order valence-electron chi connectivity index (χ2n) is 6.81. The first-order chi connectivity index (χ1) is 15.0. The third-order valence-corrected chi connectivity index (χ3v) is 8.12. The SMILES string of the molecule is CN(c1ccc(S(=O)(=O)CC(O)CO)cc1)c1nc(N)c(C(=O)c2c(Cl)cccc2Cl)s1. The smallest absolute Gasteiger partial charge is 0.209 e. The van der Waals surface area contributed by atoms with Crippen LogP contribution in [0.3, 0.4) is 0 Å². The minimum atomic E-state index is -3.76. The van der Waals surface area contributed by atoms with E-state index in [1.54, 1.807) is 42.3 Å². The molecule has 0 spiro atoms. The van der Waals surface area contributed by atoms with Gasteiger partial charge >= 0.3 is 0 Å². The van der Waals surface area contributed by atoms with Gasteiger partial charge in [0.1, 0.15) is 10.7 Å². The number of nitrogens with zero attached hydrogens (tertiary/aromatic N) is 2. The van der Waals surface area contributed by atoms with E-state index >= 15 is 0 Å². The Kier molecular flexibility index (Phi) is 7.43. The van der Waals surface area contributed by atoms with Crippen LogP contribution < -0.4 is 10.6 Å². The van der Waals surface area contributed by atoms with Crippen LogP contribution in [0.25, 0.3) is 0 Å². The van der Waals surface area contributed by atoms with Gasteiger partial charge < -0.3 is 20.8 Å². The summed E-state index contributed by atoms with van der Waals surface area (Å²) in [6.45, 7) is -0.647. The lowest BCUT2D eigenvalue weighted by Crippen LogP contribution is -2.24. The van der Waals surface area contributed by atoms with Crippen LogP contribution in [-0.4, -0.2) is 54.9 Å². The minimum absolute atomic E-state index is 0.00466. The van der Waals surface area contributed by atoms with Gasteiger partial charge in [-0.15, -0.1) is 0 Å². The first-order valence-electron chi connectivity index (χ1n) is 9.15. The molecule has 0 aliphatic carbocycles. The van der Waals surface area contributed by atoms with Gasteiger partial charge in [-0.25, -0.2) is 13.4 Å². The van der Waals surface area contributed by atoms with Crippen molar-refractivity contribution in [2.45, 2.75) is 11.0 Å². The van der Waals surface area contributed by atoms with E-state index < -0.39 is 34.1 Å². The Bertz CT molecular complexity index is 1230. The third kappa shape index (κ3) is 5.06. The van der Waals surface area contributed by atoms with Crippen LogP contribution in [0.2, 0.25) is 10.0 Å². The van der Waals surface area contributed by atoms with Crippen molar-refractivity contribution in [3.63, 3.8) is 0 Å². The number of carbonyl (C=O) groups excluding carboxylic acids is 1. The predicted octanol–water partition coefficient (Wildman–Crippen LogP) is 3.16. The number of ketones is 1. The maximum atomic E-state index is 12.9. The molecule has 3 aromatic rings. The van der Waals surface area contributed by atoms with E-state index in [1.165, 1.54) is 12.1 Å². The van der Waals surface area contributed by atoms with Crippen molar-refractivity contribution in [1.29, 1.82) is 0 Å². The Morgan fingerprint density at radius 3 is 2.34 bits per heavy atom. The monoisotopic (exact) mass is 515 g/mol. The number of hydrogen-bond donors (Lipinski definition) is 3. The fourth-order valence-corrected chi connectivity index (χ4v) is 5.68. The maximum absolute atomic E-state index is 12.9. The number of hydrogen-bond acceptors (Lipinski definition) is 9. The molecule has 0 amide bonds. The number of nitrogen functional groups attached to an aromatic ring is 1. The van der Waals surface area contributed by atoms with Crippen LogP contribution in [0.5, 0.6) is 0 Å². The number of carbonyl (C=O) groups is 1. The molecule has 1 atom stereocenters. The topological polar surface area (TPSA) is 134 Å². The van der Waals surface area contributed by atoms with Gasteiger partial charge in [0.05, 0.1) is 39.0 Å². The van der Waals surface area contributed by atoms with Gasteiger partial charge in [0.15, 0.2) is 15.0 Å². The summed E-state index contributed by atoms with van der Waals surface area (Å²) in [7, 11) is -2.07. The second kappa shape index (κ2) is 9.74. The maximum Gasteiger partial charge on any atom is 0.209 e. The molecule has 170 valence electrons. The summed E-state index contributed by atoms with van der Waals surface area (Å²) < 4.78 is 24.6. The zero-order valence-electron chi connectivity index (χ0n) is 16.7. The van der Waals surface area contributed by atoms with Crippen LogP contribution in [-0.2, 0) is 9.84 Å². The number of aliphatic hydroxyl groups excluding tert-OH is 2. The first kappa shape index (κ1) is 24.4. The largest absolute Gasteiger partial charge is 0.394 e. The van der Waals surface area contributed by atoms with Crippen LogP contribution in [0, 0.1) is 0 Å². The predicted molar refractivity (Wildman–Crippen MR) is 126 cm³/mol. The average molecular weight is 516 g/mol. The molecule has 0 saturated heterocycles. The van der Waals surface area contributed by atoms with Gasteiger partial charge in [0.25, 0.3) is 0 Å². The van der Waals surface area contributed by atoms with Crippen molar-refractivity contribution in [3.8, 4) is 0 Å². The molecule has 0 aliphatic rings. The van der Waals surface area contributed by atoms with Crippen molar-refractivity contribution >= 4 is 66.8 Å². The van der Waals surface area contributed by atoms with Crippen molar-refractivity contribution in [2.75, 3.05) is 30.0 Å². The van der Waals surface area contributed by atoms with E-state index in [1.807, 2.05) is 0 Å². The summed E-state index contributed by atoms with van der Waals surface area (Å²) in [6.07, 6.45) is -1.36. The molecule has 1 aromatic heterocycles. The molecular weight excluding hydrogens is 497 g/mol. The molecule has 4 N–H and O–H groups in total.